The fourth-order valence-corrected chi connectivity index (χ4v) is 1.49. The number of rotatable bonds is 4. The first-order chi connectivity index (χ1) is 8.31. The van der Waals surface area contributed by atoms with Crippen LogP contribution in [0.2, 0.25) is 0 Å². The average Bonchev–Trinajstić information content (AvgIpc) is 2.26. The first kappa shape index (κ1) is 14.2. The van der Waals surface area contributed by atoms with E-state index < -0.39 is 0 Å². The Morgan fingerprint density at radius 2 is 1.72 bits per heavy atom. The van der Waals surface area contributed by atoms with E-state index >= 15 is 0 Å². The number of Topliss-reactive ketones (excluding diaryl/α,β-unsaturated/α-hetero) is 1. The number of hydrogen-bond donors (Lipinski definition) is 1. The summed E-state index contributed by atoms with van der Waals surface area (Å²) in [4.78, 5) is 23.4. The predicted octanol–water partition coefficient (Wildman–Crippen LogP) is 2.18. The van der Waals surface area contributed by atoms with E-state index in [4.69, 9.17) is 4.74 Å². The van der Waals surface area contributed by atoms with Crippen LogP contribution in [0.15, 0.2) is 24.3 Å². The standard InChI is InChI=1S/C14H19NO3/c1-14(2,3)15-13(17)9-12(16)10-5-7-11(18-4)8-6-10/h5-8H,9H2,1-4H3,(H,15,17). The van der Waals surface area contributed by atoms with Gasteiger partial charge in [-0.3, -0.25) is 9.59 Å². The summed E-state index contributed by atoms with van der Waals surface area (Å²) < 4.78 is 5.01. The first-order valence-corrected chi connectivity index (χ1v) is 5.80. The Morgan fingerprint density at radius 3 is 2.17 bits per heavy atom. The van der Waals surface area contributed by atoms with Gasteiger partial charge in [0.05, 0.1) is 13.5 Å². The number of carbonyl (C=O) groups is 2. The zero-order chi connectivity index (χ0) is 13.8. The van der Waals surface area contributed by atoms with Crippen molar-refractivity contribution in [1.82, 2.24) is 5.32 Å². The molecule has 0 aliphatic rings. The summed E-state index contributed by atoms with van der Waals surface area (Å²) in [5.41, 5.74) is 0.192. The number of hydrogen-bond acceptors (Lipinski definition) is 3. The Hall–Kier alpha value is -1.84. The normalized spacial score (nSPS) is 10.9. The van der Waals surface area contributed by atoms with Gasteiger partial charge in [0, 0.05) is 11.1 Å². The molecule has 0 saturated heterocycles. The molecule has 1 N–H and O–H groups in total. The second-order valence-electron chi connectivity index (χ2n) is 5.13. The Morgan fingerprint density at radius 1 is 1.17 bits per heavy atom. The van der Waals surface area contributed by atoms with Gasteiger partial charge in [0.1, 0.15) is 5.75 Å². The van der Waals surface area contributed by atoms with Crippen LogP contribution in [-0.2, 0) is 4.79 Å². The van der Waals surface area contributed by atoms with Crippen molar-refractivity contribution in [2.75, 3.05) is 7.11 Å². The number of benzene rings is 1. The molecule has 1 aromatic rings. The molecular formula is C14H19NO3. The second kappa shape index (κ2) is 5.67. The second-order valence-corrected chi connectivity index (χ2v) is 5.13. The predicted molar refractivity (Wildman–Crippen MR) is 69.8 cm³/mol. The molecular weight excluding hydrogens is 230 g/mol. The maximum absolute atomic E-state index is 11.8. The fraction of sp³-hybridized carbons (Fsp3) is 0.429. The minimum atomic E-state index is -0.322. The van der Waals surface area contributed by atoms with Gasteiger partial charge in [-0.25, -0.2) is 0 Å². The van der Waals surface area contributed by atoms with Crippen molar-refractivity contribution < 1.29 is 14.3 Å². The van der Waals surface area contributed by atoms with Crippen LogP contribution < -0.4 is 10.1 Å². The van der Waals surface area contributed by atoms with Crippen LogP contribution in [-0.4, -0.2) is 24.3 Å². The third-order valence-corrected chi connectivity index (χ3v) is 2.25. The van der Waals surface area contributed by atoms with Crippen molar-refractivity contribution in [1.29, 1.82) is 0 Å². The van der Waals surface area contributed by atoms with E-state index in [1.807, 2.05) is 20.8 Å². The summed E-state index contributed by atoms with van der Waals surface area (Å²) in [7, 11) is 1.56. The molecule has 1 rings (SSSR count). The Balaban J connectivity index is 2.62. The van der Waals surface area contributed by atoms with E-state index in [0.29, 0.717) is 11.3 Å². The number of amides is 1. The van der Waals surface area contributed by atoms with E-state index in [9.17, 15) is 9.59 Å². The van der Waals surface area contributed by atoms with Crippen molar-refractivity contribution in [3.63, 3.8) is 0 Å². The number of ether oxygens (including phenoxy) is 1. The summed E-state index contributed by atoms with van der Waals surface area (Å²) in [6, 6.07) is 6.72. The lowest BCUT2D eigenvalue weighted by atomic mass is 10.1. The van der Waals surface area contributed by atoms with Gasteiger partial charge in [-0.2, -0.15) is 0 Å². The third kappa shape index (κ3) is 4.57. The van der Waals surface area contributed by atoms with Gasteiger partial charge in [-0.05, 0) is 45.0 Å². The van der Waals surface area contributed by atoms with Crippen molar-refractivity contribution >= 4 is 11.7 Å². The summed E-state index contributed by atoms with van der Waals surface area (Å²) >= 11 is 0. The summed E-state index contributed by atoms with van der Waals surface area (Å²) in [6.07, 6.45) is -0.135. The van der Waals surface area contributed by atoms with Crippen LogP contribution in [0, 0.1) is 0 Å². The Labute approximate surface area is 107 Å². The zero-order valence-corrected chi connectivity index (χ0v) is 11.2. The van der Waals surface area contributed by atoms with E-state index in [2.05, 4.69) is 5.32 Å². The minimum absolute atomic E-state index is 0.135. The lowest BCUT2D eigenvalue weighted by Gasteiger charge is -2.20. The highest BCUT2D eigenvalue weighted by Gasteiger charge is 2.17. The topological polar surface area (TPSA) is 55.4 Å². The molecule has 0 aliphatic heterocycles. The molecule has 98 valence electrons. The van der Waals surface area contributed by atoms with Crippen LogP contribution in [0.4, 0.5) is 0 Å². The fourth-order valence-electron chi connectivity index (χ4n) is 1.49. The zero-order valence-electron chi connectivity index (χ0n) is 11.2. The SMILES string of the molecule is COc1ccc(C(=O)CC(=O)NC(C)(C)C)cc1. The molecule has 0 unspecified atom stereocenters. The molecule has 0 atom stereocenters. The van der Waals surface area contributed by atoms with Gasteiger partial charge >= 0.3 is 0 Å². The summed E-state index contributed by atoms with van der Waals surface area (Å²) in [5.74, 6) is 0.230. The molecule has 0 radical (unpaired) electrons. The van der Waals surface area contributed by atoms with Gasteiger partial charge in [0.2, 0.25) is 5.91 Å². The number of methoxy groups -OCH3 is 1. The molecule has 0 bridgehead atoms. The number of carbonyl (C=O) groups excluding carboxylic acids is 2. The highest BCUT2D eigenvalue weighted by atomic mass is 16.5. The monoisotopic (exact) mass is 249 g/mol. The molecule has 1 aromatic carbocycles. The van der Waals surface area contributed by atoms with E-state index in [0.717, 1.165) is 0 Å². The molecule has 4 heteroatoms. The van der Waals surface area contributed by atoms with Crippen LogP contribution in [0.3, 0.4) is 0 Å². The maximum Gasteiger partial charge on any atom is 0.228 e. The first-order valence-electron chi connectivity index (χ1n) is 5.80. The molecule has 0 fully saturated rings. The van der Waals surface area contributed by atoms with E-state index in [1.165, 1.54) is 0 Å². The highest BCUT2D eigenvalue weighted by molar-refractivity contribution is 6.07. The number of nitrogens with one attached hydrogen (secondary N) is 1. The quantitative estimate of drug-likeness (QED) is 0.657. The molecule has 18 heavy (non-hydrogen) atoms. The van der Waals surface area contributed by atoms with E-state index in [1.54, 1.807) is 31.4 Å². The Kier molecular flexibility index (Phi) is 4.48. The van der Waals surface area contributed by atoms with E-state index in [-0.39, 0.29) is 23.7 Å². The highest BCUT2D eigenvalue weighted by Crippen LogP contribution is 2.13. The van der Waals surface area contributed by atoms with Crippen LogP contribution in [0.1, 0.15) is 37.6 Å². The third-order valence-electron chi connectivity index (χ3n) is 2.25. The molecule has 0 heterocycles. The van der Waals surface area contributed by atoms with Crippen molar-refractivity contribution in [3.05, 3.63) is 29.8 Å². The smallest absolute Gasteiger partial charge is 0.228 e. The van der Waals surface area contributed by atoms with Crippen molar-refractivity contribution in [2.24, 2.45) is 0 Å². The van der Waals surface area contributed by atoms with Crippen LogP contribution >= 0.6 is 0 Å². The van der Waals surface area contributed by atoms with Crippen LogP contribution in [0.5, 0.6) is 5.75 Å². The number of ketones is 1. The molecule has 0 saturated carbocycles. The molecule has 1 amide bonds. The van der Waals surface area contributed by atoms with Gasteiger partial charge < -0.3 is 10.1 Å². The van der Waals surface area contributed by atoms with Crippen molar-refractivity contribution in [3.8, 4) is 5.75 Å². The summed E-state index contributed by atoms with van der Waals surface area (Å²) in [6.45, 7) is 5.63. The van der Waals surface area contributed by atoms with Crippen molar-refractivity contribution in [2.45, 2.75) is 32.7 Å². The minimum Gasteiger partial charge on any atom is -0.497 e. The van der Waals surface area contributed by atoms with Crippen LogP contribution in [0.25, 0.3) is 0 Å². The molecule has 4 nitrogen and oxygen atoms in total. The van der Waals surface area contributed by atoms with Gasteiger partial charge in [0.25, 0.3) is 0 Å². The lowest BCUT2D eigenvalue weighted by Crippen LogP contribution is -2.41. The Bertz CT molecular complexity index is 429. The summed E-state index contributed by atoms with van der Waals surface area (Å²) in [5, 5.41) is 2.76. The van der Waals surface area contributed by atoms with Gasteiger partial charge in [-0.1, -0.05) is 0 Å². The average molecular weight is 249 g/mol. The maximum atomic E-state index is 11.8. The molecule has 0 spiro atoms. The van der Waals surface area contributed by atoms with Gasteiger partial charge in [-0.15, -0.1) is 0 Å². The molecule has 0 aliphatic carbocycles. The molecule has 0 aromatic heterocycles. The lowest BCUT2D eigenvalue weighted by molar-refractivity contribution is -0.121. The largest absolute Gasteiger partial charge is 0.497 e. The van der Waals surface area contributed by atoms with Gasteiger partial charge in [0.15, 0.2) is 5.78 Å².